The van der Waals surface area contributed by atoms with Crippen LogP contribution in [0.15, 0.2) is 54.7 Å². The minimum absolute atomic E-state index is 0.0310. The van der Waals surface area contributed by atoms with E-state index < -0.39 is 0 Å². The van der Waals surface area contributed by atoms with Gasteiger partial charge in [0.15, 0.2) is 5.78 Å². The van der Waals surface area contributed by atoms with E-state index in [2.05, 4.69) is 4.98 Å². The number of hydrogen-bond donors (Lipinski definition) is 0. The van der Waals surface area contributed by atoms with Gasteiger partial charge in [-0.25, -0.2) is 4.98 Å². The van der Waals surface area contributed by atoms with Crippen LogP contribution in [0.25, 0.3) is 17.1 Å². The number of imidazole rings is 1. The third-order valence-corrected chi connectivity index (χ3v) is 4.82. The fourth-order valence-corrected chi connectivity index (χ4v) is 2.91. The Morgan fingerprint density at radius 3 is 2.44 bits per heavy atom. The van der Waals surface area contributed by atoms with Crippen LogP contribution >= 0.6 is 23.2 Å². The van der Waals surface area contributed by atoms with E-state index in [0.717, 1.165) is 17.7 Å². The Morgan fingerprint density at radius 2 is 1.80 bits per heavy atom. The zero-order valence-corrected chi connectivity index (χ0v) is 15.6. The van der Waals surface area contributed by atoms with E-state index in [1.807, 2.05) is 66.9 Å². The molecule has 0 bridgehead atoms. The van der Waals surface area contributed by atoms with E-state index in [9.17, 15) is 4.79 Å². The van der Waals surface area contributed by atoms with Crippen molar-refractivity contribution in [2.45, 2.75) is 20.3 Å². The highest BCUT2D eigenvalue weighted by atomic mass is 35.5. The van der Waals surface area contributed by atoms with Gasteiger partial charge in [-0.2, -0.15) is 0 Å². The Kier molecular flexibility index (Phi) is 5.26. The summed E-state index contributed by atoms with van der Waals surface area (Å²) < 4.78 is 1.88. The molecule has 1 atom stereocenters. The summed E-state index contributed by atoms with van der Waals surface area (Å²) >= 11 is 12.4. The van der Waals surface area contributed by atoms with Gasteiger partial charge in [0.2, 0.25) is 0 Å². The number of hydrogen-bond acceptors (Lipinski definition) is 2. The normalized spacial score (nSPS) is 12.2. The first kappa shape index (κ1) is 17.7. The van der Waals surface area contributed by atoms with Crippen molar-refractivity contribution in [2.24, 2.45) is 5.92 Å². The minimum Gasteiger partial charge on any atom is -0.299 e. The van der Waals surface area contributed by atoms with Gasteiger partial charge in [-0.15, -0.1) is 0 Å². The van der Waals surface area contributed by atoms with Crippen LogP contribution in [-0.4, -0.2) is 15.3 Å². The molecule has 0 saturated carbocycles. The maximum Gasteiger partial charge on any atom is 0.185 e. The molecule has 0 aliphatic rings. The van der Waals surface area contributed by atoms with Gasteiger partial charge in [-0.05, 0) is 42.8 Å². The largest absolute Gasteiger partial charge is 0.299 e. The lowest BCUT2D eigenvalue weighted by atomic mass is 10.0. The van der Waals surface area contributed by atoms with Gasteiger partial charge in [0.05, 0.1) is 5.02 Å². The molecule has 0 fully saturated rings. The third-order valence-electron chi connectivity index (χ3n) is 4.24. The second-order valence-electron chi connectivity index (χ2n) is 5.95. The number of benzene rings is 2. The Labute approximate surface area is 157 Å². The molecule has 0 spiro atoms. The fraction of sp³-hybridized carbons (Fsp3) is 0.200. The van der Waals surface area contributed by atoms with Crippen LogP contribution in [-0.2, 0) is 0 Å². The van der Waals surface area contributed by atoms with Crippen molar-refractivity contribution >= 4 is 29.0 Å². The molecule has 0 aliphatic heterocycles. The van der Waals surface area contributed by atoms with Crippen molar-refractivity contribution in [3.63, 3.8) is 0 Å². The van der Waals surface area contributed by atoms with Gasteiger partial charge in [-0.3, -0.25) is 9.36 Å². The Balaban J connectivity index is 2.18. The molecular weight excluding hydrogens is 355 g/mol. The summed E-state index contributed by atoms with van der Waals surface area (Å²) in [6.45, 7) is 3.91. The number of carbonyl (C=O) groups is 1. The highest BCUT2D eigenvalue weighted by Gasteiger charge is 2.21. The van der Waals surface area contributed by atoms with Crippen molar-refractivity contribution in [1.82, 2.24) is 9.55 Å². The predicted octanol–water partition coefficient (Wildman–Crippen LogP) is 6.07. The number of ketones is 1. The average Bonchev–Trinajstić information content (AvgIpc) is 3.06. The number of Topliss-reactive ketones (excluding diaryl/α,β-unsaturated/α-hetero) is 1. The van der Waals surface area contributed by atoms with Gasteiger partial charge in [0.25, 0.3) is 0 Å². The van der Waals surface area contributed by atoms with Gasteiger partial charge in [-0.1, -0.05) is 49.2 Å². The predicted molar refractivity (Wildman–Crippen MR) is 103 cm³/mol. The molecule has 3 aromatic rings. The Bertz CT molecular complexity index is 900. The van der Waals surface area contributed by atoms with Crippen molar-refractivity contribution in [3.05, 3.63) is 70.5 Å². The first-order valence-corrected chi connectivity index (χ1v) is 8.91. The van der Waals surface area contributed by atoms with E-state index in [1.54, 1.807) is 6.20 Å². The molecule has 1 aromatic heterocycles. The molecule has 3 nitrogen and oxygen atoms in total. The molecule has 2 aromatic carbocycles. The number of aromatic nitrogens is 2. The number of nitrogens with zero attached hydrogens (tertiary/aromatic N) is 2. The summed E-state index contributed by atoms with van der Waals surface area (Å²) in [5.41, 5.74) is 2.09. The molecule has 128 valence electrons. The minimum atomic E-state index is -0.0762. The standard InChI is InChI=1S/C20H18Cl2N2O/c1-3-13(2)19(25)18-12-24(15-10-8-14(21)9-11-15)20(23-18)16-6-4-5-7-17(16)22/h4-13H,3H2,1-2H3. The SMILES string of the molecule is CCC(C)C(=O)c1cn(-c2ccc(Cl)cc2)c(-c2ccccc2Cl)n1. The lowest BCUT2D eigenvalue weighted by Crippen LogP contribution is -2.10. The zero-order valence-electron chi connectivity index (χ0n) is 14.0. The number of carbonyl (C=O) groups excluding carboxylic acids is 1. The molecule has 0 saturated heterocycles. The molecule has 0 N–H and O–H groups in total. The summed E-state index contributed by atoms with van der Waals surface area (Å²) in [6, 6.07) is 14.9. The average molecular weight is 373 g/mol. The molecule has 1 heterocycles. The first-order chi connectivity index (χ1) is 12.0. The maximum atomic E-state index is 12.6. The first-order valence-electron chi connectivity index (χ1n) is 8.15. The highest BCUT2D eigenvalue weighted by molar-refractivity contribution is 6.33. The molecule has 1 unspecified atom stereocenters. The molecule has 25 heavy (non-hydrogen) atoms. The molecule has 0 radical (unpaired) electrons. The fourth-order valence-electron chi connectivity index (χ4n) is 2.57. The van der Waals surface area contributed by atoms with Crippen molar-refractivity contribution in [2.75, 3.05) is 0 Å². The smallest absolute Gasteiger partial charge is 0.185 e. The van der Waals surface area contributed by atoms with E-state index >= 15 is 0 Å². The number of halogens is 2. The second kappa shape index (κ2) is 7.42. The van der Waals surface area contributed by atoms with Crippen LogP contribution in [0.5, 0.6) is 0 Å². The van der Waals surface area contributed by atoms with Crippen LogP contribution in [0, 0.1) is 5.92 Å². The Morgan fingerprint density at radius 1 is 1.12 bits per heavy atom. The lowest BCUT2D eigenvalue weighted by molar-refractivity contribution is 0.0922. The van der Waals surface area contributed by atoms with E-state index in [4.69, 9.17) is 23.2 Å². The summed E-state index contributed by atoms with van der Waals surface area (Å²) in [5.74, 6) is 0.593. The maximum absolute atomic E-state index is 12.6. The topological polar surface area (TPSA) is 34.9 Å². The quantitative estimate of drug-likeness (QED) is 0.509. The summed E-state index contributed by atoms with van der Waals surface area (Å²) in [6.07, 6.45) is 2.55. The van der Waals surface area contributed by atoms with Gasteiger partial charge >= 0.3 is 0 Å². The van der Waals surface area contributed by atoms with E-state index in [-0.39, 0.29) is 11.7 Å². The zero-order chi connectivity index (χ0) is 18.0. The van der Waals surface area contributed by atoms with Crippen LogP contribution in [0.4, 0.5) is 0 Å². The third kappa shape index (κ3) is 3.63. The van der Waals surface area contributed by atoms with Crippen LogP contribution < -0.4 is 0 Å². The molecule has 3 rings (SSSR count). The molecule has 0 aliphatic carbocycles. The summed E-state index contributed by atoms with van der Waals surface area (Å²) in [4.78, 5) is 17.2. The summed E-state index contributed by atoms with van der Waals surface area (Å²) in [7, 11) is 0. The summed E-state index contributed by atoms with van der Waals surface area (Å²) in [5, 5.41) is 1.24. The number of rotatable bonds is 5. The van der Waals surface area contributed by atoms with Crippen LogP contribution in [0.2, 0.25) is 10.0 Å². The van der Waals surface area contributed by atoms with Gasteiger partial charge in [0, 0.05) is 28.4 Å². The van der Waals surface area contributed by atoms with Crippen molar-refractivity contribution in [3.8, 4) is 17.1 Å². The van der Waals surface area contributed by atoms with Crippen LogP contribution in [0.1, 0.15) is 30.8 Å². The Hall–Kier alpha value is -2.10. The monoisotopic (exact) mass is 372 g/mol. The van der Waals surface area contributed by atoms with Gasteiger partial charge in [0.1, 0.15) is 11.5 Å². The van der Waals surface area contributed by atoms with Crippen molar-refractivity contribution in [1.29, 1.82) is 0 Å². The second-order valence-corrected chi connectivity index (χ2v) is 6.79. The lowest BCUT2D eigenvalue weighted by Gasteiger charge is -2.09. The van der Waals surface area contributed by atoms with E-state index in [0.29, 0.717) is 21.6 Å². The van der Waals surface area contributed by atoms with Crippen LogP contribution in [0.3, 0.4) is 0 Å². The van der Waals surface area contributed by atoms with E-state index in [1.165, 1.54) is 0 Å². The molecular formula is C20H18Cl2N2O. The van der Waals surface area contributed by atoms with Crippen molar-refractivity contribution < 1.29 is 4.79 Å². The van der Waals surface area contributed by atoms with Gasteiger partial charge < -0.3 is 0 Å². The molecule has 5 heteroatoms. The molecule has 0 amide bonds. The highest BCUT2D eigenvalue weighted by Crippen LogP contribution is 2.30.